The average molecular weight is 574 g/mol. The van der Waals surface area contributed by atoms with Gasteiger partial charge >= 0.3 is 12.5 Å². The third-order valence-corrected chi connectivity index (χ3v) is 5.95. The van der Waals surface area contributed by atoms with Crippen molar-refractivity contribution < 1.29 is 50.1 Å². The zero-order valence-corrected chi connectivity index (χ0v) is 21.3. The van der Waals surface area contributed by atoms with Gasteiger partial charge in [0.05, 0.1) is 0 Å². The van der Waals surface area contributed by atoms with Crippen LogP contribution in [0.25, 0.3) is 0 Å². The first-order valence-electron chi connectivity index (χ1n) is 11.9. The molecule has 3 rings (SSSR count). The van der Waals surface area contributed by atoms with Crippen LogP contribution in [0.2, 0.25) is 0 Å². The Balaban J connectivity index is 2.23. The van der Waals surface area contributed by atoms with Crippen molar-refractivity contribution in [2.24, 2.45) is 0 Å². The summed E-state index contributed by atoms with van der Waals surface area (Å²) in [5, 5.41) is 12.1. The number of alkyl halides is 7. The van der Waals surface area contributed by atoms with Gasteiger partial charge in [-0.25, -0.2) is 8.78 Å². The Labute approximate surface area is 225 Å². The predicted molar refractivity (Wildman–Crippen MR) is 131 cm³/mol. The molecule has 0 bridgehead atoms. The normalized spacial score (nSPS) is 14.7. The molecule has 0 aliphatic rings. The van der Waals surface area contributed by atoms with Crippen LogP contribution in [0.4, 0.5) is 30.7 Å². The highest BCUT2D eigenvalue weighted by Crippen LogP contribution is 2.40. The molecule has 3 aromatic carbocycles. The highest BCUT2D eigenvalue weighted by molar-refractivity contribution is 5.81. The standard InChI is InChI=1S/C28H26F7NO4/c1-25(29,30)23(37)24(38)36-17-27(16-18-8-4-3-5-9-18,19-10-6-12-21(14-19)39-26(2,31)32)20-11-7-13-22(15-20)40-28(33,34)35/h3-15,23,37H,16-17H2,1-2H3,(H,36,38)/t23-,27?/m1/s1. The van der Waals surface area contributed by atoms with Crippen molar-refractivity contribution in [2.45, 2.75) is 50.2 Å². The van der Waals surface area contributed by atoms with Gasteiger partial charge in [-0.3, -0.25) is 4.79 Å². The lowest BCUT2D eigenvalue weighted by molar-refractivity contribution is -0.274. The Kier molecular flexibility index (Phi) is 9.03. The zero-order chi connectivity index (χ0) is 29.8. The van der Waals surface area contributed by atoms with Gasteiger partial charge in [0.15, 0.2) is 6.10 Å². The number of ether oxygens (including phenoxy) is 2. The zero-order valence-electron chi connectivity index (χ0n) is 21.3. The Morgan fingerprint density at radius 3 is 1.80 bits per heavy atom. The van der Waals surface area contributed by atoms with Crippen molar-refractivity contribution in [2.75, 3.05) is 6.54 Å². The molecule has 0 aliphatic carbocycles. The molecule has 216 valence electrons. The number of carbonyl (C=O) groups excluding carboxylic acids is 1. The first-order chi connectivity index (χ1) is 18.5. The molecule has 12 heteroatoms. The topological polar surface area (TPSA) is 67.8 Å². The lowest BCUT2D eigenvalue weighted by atomic mass is 9.70. The number of aliphatic hydroxyl groups is 1. The van der Waals surface area contributed by atoms with Crippen molar-refractivity contribution in [1.29, 1.82) is 0 Å². The summed E-state index contributed by atoms with van der Waals surface area (Å²) in [7, 11) is 0. The summed E-state index contributed by atoms with van der Waals surface area (Å²) < 4.78 is 103. The Morgan fingerprint density at radius 2 is 1.32 bits per heavy atom. The van der Waals surface area contributed by atoms with Crippen molar-refractivity contribution in [3.63, 3.8) is 0 Å². The Morgan fingerprint density at radius 1 is 0.800 bits per heavy atom. The highest BCUT2D eigenvalue weighted by atomic mass is 19.4. The van der Waals surface area contributed by atoms with Crippen LogP contribution < -0.4 is 14.8 Å². The summed E-state index contributed by atoms with van der Waals surface area (Å²) in [5.41, 5.74) is -0.628. The first-order valence-corrected chi connectivity index (χ1v) is 11.9. The second kappa shape index (κ2) is 11.7. The molecule has 0 radical (unpaired) electrons. The van der Waals surface area contributed by atoms with E-state index >= 15 is 0 Å². The average Bonchev–Trinajstić information content (AvgIpc) is 2.84. The molecule has 5 nitrogen and oxygen atoms in total. The number of nitrogens with one attached hydrogen (secondary N) is 1. The van der Waals surface area contributed by atoms with Gasteiger partial charge in [-0.1, -0.05) is 54.6 Å². The van der Waals surface area contributed by atoms with E-state index in [9.17, 15) is 40.6 Å². The van der Waals surface area contributed by atoms with Gasteiger partial charge in [-0.15, -0.1) is 13.2 Å². The maximum absolute atomic E-state index is 13.7. The summed E-state index contributed by atoms with van der Waals surface area (Å²) in [4.78, 5) is 12.5. The number of rotatable bonds is 11. The summed E-state index contributed by atoms with van der Waals surface area (Å²) in [6, 6.07) is 18.5. The molecule has 0 fully saturated rings. The second-order valence-corrected chi connectivity index (χ2v) is 9.33. The van der Waals surface area contributed by atoms with Gasteiger partial charge < -0.3 is 19.9 Å². The molecule has 2 N–H and O–H groups in total. The fourth-order valence-electron chi connectivity index (χ4n) is 4.20. The third kappa shape index (κ3) is 8.35. The van der Waals surface area contributed by atoms with E-state index in [2.05, 4.69) is 14.8 Å². The van der Waals surface area contributed by atoms with Gasteiger partial charge in [0.1, 0.15) is 11.5 Å². The van der Waals surface area contributed by atoms with E-state index in [1.807, 2.05) is 0 Å². The van der Waals surface area contributed by atoms with Gasteiger partial charge in [-0.05, 0) is 47.4 Å². The quantitative estimate of drug-likeness (QED) is 0.267. The lowest BCUT2D eigenvalue weighted by Crippen LogP contribution is -2.50. The number of carbonyl (C=O) groups is 1. The molecular formula is C28H26F7NO4. The van der Waals surface area contributed by atoms with E-state index in [4.69, 9.17) is 0 Å². The maximum Gasteiger partial charge on any atom is 0.573 e. The molecule has 1 unspecified atom stereocenters. The number of hydrogen-bond donors (Lipinski definition) is 2. The molecule has 0 aliphatic heterocycles. The number of amides is 1. The van der Waals surface area contributed by atoms with Crippen molar-refractivity contribution in [1.82, 2.24) is 5.32 Å². The van der Waals surface area contributed by atoms with Crippen LogP contribution in [0.1, 0.15) is 30.5 Å². The molecule has 3 aromatic rings. The van der Waals surface area contributed by atoms with Crippen LogP contribution in [0, 0.1) is 0 Å². The highest BCUT2D eigenvalue weighted by Gasteiger charge is 2.41. The monoisotopic (exact) mass is 573 g/mol. The van der Waals surface area contributed by atoms with Gasteiger partial charge in [0.25, 0.3) is 11.8 Å². The number of halogens is 7. The molecule has 40 heavy (non-hydrogen) atoms. The van der Waals surface area contributed by atoms with Crippen molar-refractivity contribution >= 4 is 5.91 Å². The maximum atomic E-state index is 13.7. The summed E-state index contributed by atoms with van der Waals surface area (Å²) in [5.74, 6) is -6.15. The molecule has 0 saturated heterocycles. The lowest BCUT2D eigenvalue weighted by Gasteiger charge is -2.37. The minimum absolute atomic E-state index is 0.0474. The van der Waals surface area contributed by atoms with Crippen LogP contribution in [-0.4, -0.2) is 42.1 Å². The number of hydrogen-bond acceptors (Lipinski definition) is 4. The van der Waals surface area contributed by atoms with E-state index in [0.717, 1.165) is 12.1 Å². The van der Waals surface area contributed by atoms with Crippen LogP contribution in [0.3, 0.4) is 0 Å². The number of benzene rings is 3. The summed E-state index contributed by atoms with van der Waals surface area (Å²) >= 11 is 0. The van der Waals surface area contributed by atoms with Crippen LogP contribution >= 0.6 is 0 Å². The van der Waals surface area contributed by atoms with Crippen LogP contribution in [-0.2, 0) is 16.6 Å². The summed E-state index contributed by atoms with van der Waals surface area (Å²) in [6.45, 7) is 0.328. The SMILES string of the molecule is CC(F)(F)Oc1cccc(C(CNC(=O)[C@@H](O)C(C)(F)F)(Cc2ccccc2)c2cccc(OC(F)(F)F)c2)c1. The fourth-order valence-corrected chi connectivity index (χ4v) is 4.20. The van der Waals surface area contributed by atoms with E-state index < -0.39 is 48.1 Å². The van der Waals surface area contributed by atoms with E-state index in [0.29, 0.717) is 19.4 Å². The third-order valence-electron chi connectivity index (χ3n) is 5.95. The predicted octanol–water partition coefficient (Wildman–Crippen LogP) is 6.24. The first kappa shape index (κ1) is 30.7. The summed E-state index contributed by atoms with van der Waals surface area (Å²) in [6.07, 6.45) is -11.4. The molecule has 2 atom stereocenters. The molecular weight excluding hydrogens is 547 g/mol. The Bertz CT molecular complexity index is 1230. The minimum atomic E-state index is -5.04. The van der Waals surface area contributed by atoms with Gasteiger partial charge in [-0.2, -0.15) is 8.78 Å². The largest absolute Gasteiger partial charge is 0.573 e. The van der Waals surface area contributed by atoms with Crippen molar-refractivity contribution in [3.8, 4) is 11.5 Å². The second-order valence-electron chi connectivity index (χ2n) is 9.33. The van der Waals surface area contributed by atoms with Crippen LogP contribution in [0.5, 0.6) is 11.5 Å². The van der Waals surface area contributed by atoms with E-state index in [1.165, 1.54) is 36.4 Å². The molecule has 0 aromatic heterocycles. The van der Waals surface area contributed by atoms with E-state index in [-0.39, 0.29) is 23.3 Å². The number of aliphatic hydroxyl groups excluding tert-OH is 1. The van der Waals surface area contributed by atoms with Crippen molar-refractivity contribution in [3.05, 3.63) is 95.6 Å². The molecule has 1 amide bonds. The van der Waals surface area contributed by atoms with E-state index in [1.54, 1.807) is 30.3 Å². The molecule has 0 heterocycles. The van der Waals surface area contributed by atoms with Crippen LogP contribution in [0.15, 0.2) is 78.9 Å². The fraction of sp³-hybridized carbons (Fsp3) is 0.321. The minimum Gasteiger partial charge on any atom is -0.433 e. The molecule has 0 spiro atoms. The van der Waals surface area contributed by atoms with Gasteiger partial charge in [0.2, 0.25) is 0 Å². The van der Waals surface area contributed by atoms with Gasteiger partial charge in [0, 0.05) is 25.8 Å². The smallest absolute Gasteiger partial charge is 0.433 e. The Hall–Kier alpha value is -3.80. The molecule has 0 saturated carbocycles.